The van der Waals surface area contributed by atoms with Crippen LogP contribution in [0.3, 0.4) is 0 Å². The van der Waals surface area contributed by atoms with Gasteiger partial charge in [0.2, 0.25) is 11.5 Å². The molecule has 1 aliphatic carbocycles. The molecule has 0 atom stereocenters. The highest BCUT2D eigenvalue weighted by molar-refractivity contribution is 7.99. The summed E-state index contributed by atoms with van der Waals surface area (Å²) in [7, 11) is 0. The molecule has 1 fully saturated rings. The molecule has 0 aliphatic heterocycles. The van der Waals surface area contributed by atoms with E-state index in [-0.39, 0.29) is 28.8 Å². The minimum absolute atomic E-state index is 0.0797. The Morgan fingerprint density at radius 3 is 2.81 bits per heavy atom. The van der Waals surface area contributed by atoms with Crippen LogP contribution in [0, 0.1) is 0 Å². The highest BCUT2D eigenvalue weighted by Gasteiger charge is 2.25. The van der Waals surface area contributed by atoms with E-state index in [0.717, 1.165) is 31.1 Å². The molecule has 8 heteroatoms. The number of carbonyl (C=O) groups is 1. The lowest BCUT2D eigenvalue weighted by molar-refractivity contribution is -0.113. The number of halogens is 1. The molecule has 0 radical (unpaired) electrons. The van der Waals surface area contributed by atoms with Crippen molar-refractivity contribution in [3.63, 3.8) is 0 Å². The molecule has 0 saturated heterocycles. The number of fused-ring (bicyclic) bond motifs is 3. The van der Waals surface area contributed by atoms with Crippen LogP contribution >= 0.6 is 23.4 Å². The summed E-state index contributed by atoms with van der Waals surface area (Å²) in [5.41, 5.74) is 1.93. The van der Waals surface area contributed by atoms with Gasteiger partial charge < -0.3 is 9.73 Å². The minimum atomic E-state index is -0.184. The molecule has 6 nitrogen and oxygen atoms in total. The maximum absolute atomic E-state index is 13.4. The van der Waals surface area contributed by atoms with Crippen molar-refractivity contribution in [1.82, 2.24) is 9.55 Å². The number of nitrogens with zero attached hydrogens (tertiary/aromatic N) is 2. The fourth-order valence-electron chi connectivity index (χ4n) is 4.11. The van der Waals surface area contributed by atoms with Crippen LogP contribution in [-0.4, -0.2) is 21.2 Å². The van der Waals surface area contributed by atoms with E-state index in [2.05, 4.69) is 5.32 Å². The van der Waals surface area contributed by atoms with E-state index in [1.54, 1.807) is 28.8 Å². The summed E-state index contributed by atoms with van der Waals surface area (Å²) in [6.45, 7) is 0. The third kappa shape index (κ3) is 3.95. The van der Waals surface area contributed by atoms with Crippen LogP contribution < -0.4 is 10.9 Å². The van der Waals surface area contributed by atoms with Gasteiger partial charge in [-0.1, -0.05) is 54.4 Å². The Bertz CT molecular complexity index is 1340. The number of rotatable bonds is 5. The zero-order chi connectivity index (χ0) is 21.4. The summed E-state index contributed by atoms with van der Waals surface area (Å²) in [5, 5.41) is 4.75. The summed E-state index contributed by atoms with van der Waals surface area (Å²) in [4.78, 5) is 30.7. The molecular formula is C23H20ClN3O3S. The van der Waals surface area contributed by atoms with Crippen molar-refractivity contribution in [2.24, 2.45) is 0 Å². The fourth-order valence-corrected chi connectivity index (χ4v) is 5.16. The van der Waals surface area contributed by atoms with Gasteiger partial charge >= 0.3 is 0 Å². The topological polar surface area (TPSA) is 77.1 Å². The van der Waals surface area contributed by atoms with Crippen LogP contribution in [0.1, 0.15) is 31.7 Å². The van der Waals surface area contributed by atoms with Gasteiger partial charge in [0, 0.05) is 22.1 Å². The highest BCUT2D eigenvalue weighted by Crippen LogP contribution is 2.34. The second-order valence-corrected chi connectivity index (χ2v) is 9.01. The SMILES string of the molecule is O=C(CSc1nc2c(oc3ccccc32)c(=O)n1C1CCCC1)Nc1cccc(Cl)c1. The van der Waals surface area contributed by atoms with Gasteiger partial charge in [-0.2, -0.15) is 0 Å². The zero-order valence-electron chi connectivity index (χ0n) is 16.6. The first-order chi connectivity index (χ1) is 15.1. The zero-order valence-corrected chi connectivity index (χ0v) is 18.2. The van der Waals surface area contributed by atoms with Crippen molar-refractivity contribution in [1.29, 1.82) is 0 Å². The molecule has 4 aromatic rings. The van der Waals surface area contributed by atoms with Crippen molar-refractivity contribution >= 4 is 57.0 Å². The number of benzene rings is 2. The Hall–Kier alpha value is -2.77. The summed E-state index contributed by atoms with van der Waals surface area (Å²) < 4.78 is 7.59. The number of hydrogen-bond acceptors (Lipinski definition) is 5. The van der Waals surface area contributed by atoms with Gasteiger partial charge in [0.25, 0.3) is 5.56 Å². The molecule has 2 aromatic heterocycles. The van der Waals surface area contributed by atoms with Crippen LogP contribution in [0.25, 0.3) is 22.1 Å². The van der Waals surface area contributed by atoms with E-state index in [4.69, 9.17) is 21.0 Å². The lowest BCUT2D eigenvalue weighted by Crippen LogP contribution is -2.26. The molecule has 158 valence electrons. The molecule has 1 amide bonds. The largest absolute Gasteiger partial charge is 0.448 e. The third-order valence-corrected chi connectivity index (χ3v) is 6.71. The summed E-state index contributed by atoms with van der Waals surface area (Å²) in [6, 6.07) is 14.6. The quantitative estimate of drug-likeness (QED) is 0.312. The van der Waals surface area contributed by atoms with Gasteiger partial charge in [-0.3, -0.25) is 14.2 Å². The predicted octanol–water partition coefficient (Wildman–Crippen LogP) is 5.64. The predicted molar refractivity (Wildman–Crippen MR) is 124 cm³/mol. The van der Waals surface area contributed by atoms with Crippen molar-refractivity contribution < 1.29 is 9.21 Å². The molecule has 1 N–H and O–H groups in total. The Morgan fingerprint density at radius 1 is 1.19 bits per heavy atom. The van der Waals surface area contributed by atoms with E-state index in [9.17, 15) is 9.59 Å². The summed E-state index contributed by atoms with van der Waals surface area (Å²) in [6.07, 6.45) is 4.01. The normalized spacial score (nSPS) is 14.5. The number of amides is 1. The van der Waals surface area contributed by atoms with Gasteiger partial charge in [-0.05, 0) is 43.2 Å². The monoisotopic (exact) mass is 453 g/mol. The van der Waals surface area contributed by atoms with E-state index < -0.39 is 0 Å². The van der Waals surface area contributed by atoms with E-state index in [1.165, 1.54) is 11.8 Å². The minimum Gasteiger partial charge on any atom is -0.448 e. The van der Waals surface area contributed by atoms with Gasteiger partial charge in [0.05, 0.1) is 5.75 Å². The number of carbonyl (C=O) groups excluding carboxylic acids is 1. The highest BCUT2D eigenvalue weighted by atomic mass is 35.5. The van der Waals surface area contributed by atoms with Gasteiger partial charge in [-0.15, -0.1) is 0 Å². The van der Waals surface area contributed by atoms with Crippen molar-refractivity contribution in [2.75, 3.05) is 11.1 Å². The molecule has 5 rings (SSSR count). The van der Waals surface area contributed by atoms with E-state index in [1.807, 2.05) is 24.3 Å². The van der Waals surface area contributed by atoms with Crippen molar-refractivity contribution in [3.05, 3.63) is 63.9 Å². The molecule has 1 aliphatic rings. The Morgan fingerprint density at radius 2 is 2.00 bits per heavy atom. The number of anilines is 1. The third-order valence-electron chi connectivity index (χ3n) is 5.53. The van der Waals surface area contributed by atoms with Gasteiger partial charge in [0.15, 0.2) is 5.16 Å². The molecule has 0 unspecified atom stereocenters. The summed E-state index contributed by atoms with van der Waals surface area (Å²) in [5.74, 6) is -0.0518. The lowest BCUT2D eigenvalue weighted by atomic mass is 10.2. The van der Waals surface area contributed by atoms with Gasteiger partial charge in [-0.25, -0.2) is 4.98 Å². The average Bonchev–Trinajstić information content (AvgIpc) is 3.41. The number of thioether (sulfide) groups is 1. The van der Waals surface area contributed by atoms with Crippen molar-refractivity contribution in [3.8, 4) is 0 Å². The second-order valence-electron chi connectivity index (χ2n) is 7.63. The molecule has 0 bridgehead atoms. The fraction of sp³-hybridized carbons (Fsp3) is 0.261. The molecule has 2 aromatic carbocycles. The maximum atomic E-state index is 13.4. The summed E-state index contributed by atoms with van der Waals surface area (Å²) >= 11 is 7.26. The Kier molecular flexibility index (Phi) is 5.46. The van der Waals surface area contributed by atoms with E-state index >= 15 is 0 Å². The first-order valence-corrected chi connectivity index (χ1v) is 11.6. The molecular weight excluding hydrogens is 434 g/mol. The number of para-hydroxylation sites is 1. The van der Waals surface area contributed by atoms with Crippen LogP contribution in [-0.2, 0) is 4.79 Å². The van der Waals surface area contributed by atoms with Crippen LogP contribution in [0.5, 0.6) is 0 Å². The van der Waals surface area contributed by atoms with Crippen LogP contribution in [0.15, 0.2) is 62.9 Å². The first-order valence-electron chi connectivity index (χ1n) is 10.2. The Balaban J connectivity index is 1.50. The average molecular weight is 454 g/mol. The van der Waals surface area contributed by atoms with E-state index in [0.29, 0.717) is 27.0 Å². The lowest BCUT2D eigenvalue weighted by Gasteiger charge is -2.17. The number of aromatic nitrogens is 2. The first kappa shape index (κ1) is 20.2. The standard InChI is InChI=1S/C23H20ClN3O3S/c24-14-6-5-7-15(12-14)25-19(28)13-31-23-26-20-17-10-3-4-11-18(17)30-21(20)22(29)27(23)16-8-1-2-9-16/h3-7,10-12,16H,1-2,8-9,13H2,(H,25,28). The van der Waals surface area contributed by atoms with Crippen LogP contribution in [0.2, 0.25) is 5.02 Å². The number of nitrogens with one attached hydrogen (secondary N) is 1. The maximum Gasteiger partial charge on any atom is 0.298 e. The van der Waals surface area contributed by atoms with Gasteiger partial charge in [0.1, 0.15) is 11.1 Å². The van der Waals surface area contributed by atoms with Crippen molar-refractivity contribution in [2.45, 2.75) is 36.9 Å². The van der Waals surface area contributed by atoms with Crippen LogP contribution in [0.4, 0.5) is 5.69 Å². The number of furan rings is 1. The number of hydrogen-bond donors (Lipinski definition) is 1. The second kappa shape index (κ2) is 8.40. The smallest absolute Gasteiger partial charge is 0.298 e. The molecule has 1 saturated carbocycles. The Labute approximate surface area is 187 Å². The molecule has 2 heterocycles. The molecule has 0 spiro atoms. The molecule has 31 heavy (non-hydrogen) atoms.